The van der Waals surface area contributed by atoms with Crippen LogP contribution in [0, 0.1) is 17.7 Å². The van der Waals surface area contributed by atoms with Crippen molar-refractivity contribution in [3.63, 3.8) is 0 Å². The average molecular weight is 475 g/mol. The summed E-state index contributed by atoms with van der Waals surface area (Å²) in [6, 6.07) is 4.18. The van der Waals surface area contributed by atoms with E-state index in [-0.39, 0.29) is 5.41 Å². The fourth-order valence-electron chi connectivity index (χ4n) is 3.17. The second-order valence-electron chi connectivity index (χ2n) is 8.64. The van der Waals surface area contributed by atoms with Crippen LogP contribution in [-0.2, 0) is 11.2 Å². The van der Waals surface area contributed by atoms with Crippen molar-refractivity contribution in [3.8, 4) is 0 Å². The van der Waals surface area contributed by atoms with Crippen LogP contribution in [0.15, 0.2) is 41.2 Å². The first-order valence-corrected chi connectivity index (χ1v) is 12.2. The molecule has 1 heterocycles. The van der Waals surface area contributed by atoms with E-state index in [4.69, 9.17) is 21.7 Å². The SMILES string of the molecule is C=CNCCOCC/C=C(/SC(=N)C1=NN=C(C(C)(C)C)C1)c1ccc(CC)c(C)c1Cl. The molecule has 0 saturated heterocycles. The van der Waals surface area contributed by atoms with Gasteiger partial charge in [-0.1, -0.05) is 75.8 Å². The summed E-state index contributed by atoms with van der Waals surface area (Å²) in [5.41, 5.74) is 4.93. The summed E-state index contributed by atoms with van der Waals surface area (Å²) in [5.74, 6) is 0. The van der Waals surface area contributed by atoms with E-state index < -0.39 is 0 Å². The normalized spacial score (nSPS) is 14.2. The molecule has 0 aliphatic carbocycles. The maximum atomic E-state index is 8.68. The summed E-state index contributed by atoms with van der Waals surface area (Å²) in [4.78, 5) is 0.950. The molecule has 0 radical (unpaired) electrons. The van der Waals surface area contributed by atoms with Crippen LogP contribution in [0.5, 0.6) is 0 Å². The van der Waals surface area contributed by atoms with Crippen molar-refractivity contribution in [1.82, 2.24) is 5.32 Å². The predicted octanol–water partition coefficient (Wildman–Crippen LogP) is 6.65. The number of halogens is 1. The third kappa shape index (κ3) is 7.32. The summed E-state index contributed by atoms with van der Waals surface area (Å²) >= 11 is 8.16. The lowest BCUT2D eigenvalue weighted by Gasteiger charge is -2.18. The predicted molar refractivity (Wildman–Crippen MR) is 141 cm³/mol. The highest BCUT2D eigenvalue weighted by molar-refractivity contribution is 8.23. The Bertz CT molecular complexity index is 929. The Hall–Kier alpha value is -1.89. The van der Waals surface area contributed by atoms with Crippen LogP contribution in [-0.4, -0.2) is 36.2 Å². The molecule has 0 spiro atoms. The minimum absolute atomic E-state index is 0.0525. The van der Waals surface area contributed by atoms with E-state index in [0.29, 0.717) is 30.4 Å². The zero-order valence-electron chi connectivity index (χ0n) is 19.8. The van der Waals surface area contributed by atoms with Crippen molar-refractivity contribution in [2.45, 2.75) is 53.9 Å². The van der Waals surface area contributed by atoms with Crippen LogP contribution in [0.1, 0.15) is 57.2 Å². The number of benzene rings is 1. The molecule has 2 rings (SSSR count). The second-order valence-corrected chi connectivity index (χ2v) is 10.1. The molecule has 32 heavy (non-hydrogen) atoms. The molecule has 0 amide bonds. The van der Waals surface area contributed by atoms with Crippen molar-refractivity contribution >= 4 is 44.7 Å². The fourth-order valence-corrected chi connectivity index (χ4v) is 4.45. The zero-order chi connectivity index (χ0) is 23.7. The number of hydrogen-bond donors (Lipinski definition) is 2. The van der Waals surface area contributed by atoms with E-state index >= 15 is 0 Å². The summed E-state index contributed by atoms with van der Waals surface area (Å²) in [6.45, 7) is 16.1. The number of nitrogens with zero attached hydrogens (tertiary/aromatic N) is 2. The Morgan fingerprint density at radius 3 is 2.69 bits per heavy atom. The van der Waals surface area contributed by atoms with Gasteiger partial charge in [0.05, 0.1) is 23.9 Å². The van der Waals surface area contributed by atoms with Gasteiger partial charge in [-0.2, -0.15) is 10.2 Å². The van der Waals surface area contributed by atoms with Crippen molar-refractivity contribution in [2.75, 3.05) is 19.8 Å². The van der Waals surface area contributed by atoms with Gasteiger partial charge >= 0.3 is 0 Å². The molecule has 1 aliphatic heterocycles. The first kappa shape index (κ1) is 26.4. The molecule has 1 aromatic carbocycles. The van der Waals surface area contributed by atoms with Crippen LogP contribution in [0.4, 0.5) is 0 Å². The first-order chi connectivity index (χ1) is 15.2. The summed E-state index contributed by atoms with van der Waals surface area (Å²) in [6.07, 6.45) is 6.04. The second kappa shape index (κ2) is 12.4. The number of ether oxygens (including phenoxy) is 1. The summed E-state index contributed by atoms with van der Waals surface area (Å²) in [7, 11) is 0. The minimum Gasteiger partial charge on any atom is -0.389 e. The van der Waals surface area contributed by atoms with Crippen molar-refractivity contribution in [1.29, 1.82) is 5.41 Å². The molecule has 0 fully saturated rings. The van der Waals surface area contributed by atoms with E-state index in [1.165, 1.54) is 17.3 Å². The van der Waals surface area contributed by atoms with E-state index in [0.717, 1.165) is 46.2 Å². The van der Waals surface area contributed by atoms with Crippen molar-refractivity contribution in [3.05, 3.63) is 52.7 Å². The number of nitrogens with one attached hydrogen (secondary N) is 2. The van der Waals surface area contributed by atoms with Crippen molar-refractivity contribution < 1.29 is 4.74 Å². The molecule has 174 valence electrons. The maximum Gasteiger partial charge on any atom is 0.116 e. The monoisotopic (exact) mass is 474 g/mol. The largest absolute Gasteiger partial charge is 0.389 e. The molecule has 5 nitrogen and oxygen atoms in total. The van der Waals surface area contributed by atoms with Gasteiger partial charge in [0.15, 0.2) is 0 Å². The molecule has 0 atom stereocenters. The van der Waals surface area contributed by atoms with E-state index in [2.05, 4.69) is 74.9 Å². The smallest absolute Gasteiger partial charge is 0.116 e. The summed E-state index contributed by atoms with van der Waals surface area (Å²) in [5, 5.41) is 21.5. The highest BCUT2D eigenvalue weighted by atomic mass is 35.5. The van der Waals surface area contributed by atoms with E-state index in [1.807, 2.05) is 0 Å². The van der Waals surface area contributed by atoms with Gasteiger partial charge in [-0.25, -0.2) is 0 Å². The Kier molecular flexibility index (Phi) is 10.2. The molecule has 0 aromatic heterocycles. The molecule has 2 N–H and O–H groups in total. The first-order valence-electron chi connectivity index (χ1n) is 11.0. The van der Waals surface area contributed by atoms with Gasteiger partial charge in [0, 0.05) is 28.8 Å². The number of hydrogen-bond acceptors (Lipinski definition) is 6. The Morgan fingerprint density at radius 1 is 1.31 bits per heavy atom. The van der Waals surface area contributed by atoms with Gasteiger partial charge in [-0.15, -0.1) is 0 Å². The molecule has 0 saturated carbocycles. The number of aryl methyl sites for hydroxylation is 1. The van der Waals surface area contributed by atoms with Crippen LogP contribution >= 0.6 is 23.4 Å². The van der Waals surface area contributed by atoms with Gasteiger partial charge in [-0.3, -0.25) is 5.41 Å². The lowest BCUT2D eigenvalue weighted by atomic mass is 9.87. The Labute approximate surface area is 202 Å². The Morgan fingerprint density at radius 2 is 2.06 bits per heavy atom. The lowest BCUT2D eigenvalue weighted by molar-refractivity contribution is 0.143. The maximum absolute atomic E-state index is 8.68. The topological polar surface area (TPSA) is 69.8 Å². The van der Waals surface area contributed by atoms with Crippen LogP contribution in [0.3, 0.4) is 0 Å². The Balaban J connectivity index is 2.16. The summed E-state index contributed by atoms with van der Waals surface area (Å²) < 4.78 is 5.68. The fraction of sp³-hybridized carbons (Fsp3) is 0.480. The third-order valence-corrected chi connectivity index (χ3v) is 6.77. The minimum atomic E-state index is -0.0525. The zero-order valence-corrected chi connectivity index (χ0v) is 21.4. The van der Waals surface area contributed by atoms with Gasteiger partial charge in [-0.05, 0) is 37.1 Å². The molecular weight excluding hydrogens is 440 g/mol. The molecule has 0 unspecified atom stereocenters. The van der Waals surface area contributed by atoms with Gasteiger partial charge < -0.3 is 10.1 Å². The number of thioether (sulfide) groups is 1. The third-order valence-electron chi connectivity index (χ3n) is 5.24. The van der Waals surface area contributed by atoms with Gasteiger partial charge in [0.1, 0.15) is 10.8 Å². The van der Waals surface area contributed by atoms with Gasteiger partial charge in [0.25, 0.3) is 0 Å². The van der Waals surface area contributed by atoms with Gasteiger partial charge in [0.2, 0.25) is 0 Å². The van der Waals surface area contributed by atoms with E-state index in [1.54, 1.807) is 6.20 Å². The van der Waals surface area contributed by atoms with Crippen LogP contribution in [0.2, 0.25) is 5.02 Å². The molecule has 1 aliphatic rings. The van der Waals surface area contributed by atoms with Crippen LogP contribution < -0.4 is 5.32 Å². The van der Waals surface area contributed by atoms with Crippen molar-refractivity contribution in [2.24, 2.45) is 15.6 Å². The number of rotatable bonds is 11. The highest BCUT2D eigenvalue weighted by Crippen LogP contribution is 2.37. The molecule has 7 heteroatoms. The average Bonchev–Trinajstić information content (AvgIpc) is 3.25. The molecular formula is C25H35ClN4OS. The van der Waals surface area contributed by atoms with Crippen LogP contribution in [0.25, 0.3) is 4.91 Å². The molecule has 0 bridgehead atoms. The standard InChI is InChI=1S/C25H35ClN4OS/c1-7-18-11-12-19(23(26)17(18)3)21(10-9-14-31-15-13-28-8-2)32-24(27)20-16-22(30-29-20)25(4,5)6/h8,10-12,27-28H,2,7,9,13-16H2,1,3-6H3/b21-10+,27-24?. The quantitative estimate of drug-likeness (QED) is 0.214. The van der Waals surface area contributed by atoms with E-state index in [9.17, 15) is 0 Å². The lowest BCUT2D eigenvalue weighted by Crippen LogP contribution is -2.22. The molecule has 1 aromatic rings. The highest BCUT2D eigenvalue weighted by Gasteiger charge is 2.27.